The van der Waals surface area contributed by atoms with Gasteiger partial charge in [0.05, 0.1) is 13.2 Å². The molecule has 0 aliphatic rings. The van der Waals surface area contributed by atoms with Crippen LogP contribution in [0.2, 0.25) is 0 Å². The first-order valence-corrected chi connectivity index (χ1v) is 3.92. The third kappa shape index (κ3) is 9.25. The monoisotopic (exact) mass is 225 g/mol. The van der Waals surface area contributed by atoms with E-state index >= 15 is 0 Å². The normalized spacial score (nSPS) is 15.5. The summed E-state index contributed by atoms with van der Waals surface area (Å²) < 4.78 is 0. The molecule has 3 atom stereocenters. The molecule has 15 heavy (non-hydrogen) atoms. The minimum atomic E-state index is -1.64. The third-order valence-electron chi connectivity index (χ3n) is 1.25. The number of rotatable bonds is 5. The maximum Gasteiger partial charge on any atom is 0.317 e. The van der Waals surface area contributed by atoms with Crippen molar-refractivity contribution in [3.63, 3.8) is 0 Å². The molecule has 0 radical (unpaired) electrons. The van der Waals surface area contributed by atoms with Gasteiger partial charge in [0.1, 0.15) is 18.3 Å². The number of aldehydes is 1. The highest BCUT2D eigenvalue weighted by molar-refractivity contribution is 5.68. The molecule has 8 nitrogen and oxygen atoms in total. The third-order valence-corrected chi connectivity index (χ3v) is 1.25. The second-order valence-corrected chi connectivity index (χ2v) is 2.47. The van der Waals surface area contributed by atoms with Crippen LogP contribution < -0.4 is 5.73 Å². The average molecular weight is 225 g/mol. The van der Waals surface area contributed by atoms with Crippen molar-refractivity contribution in [3.8, 4) is 0 Å². The van der Waals surface area contributed by atoms with E-state index in [0.29, 0.717) is 0 Å². The lowest BCUT2D eigenvalue weighted by molar-refractivity contribution is -0.135. The lowest BCUT2D eigenvalue weighted by atomic mass is 10.1. The Morgan fingerprint density at radius 2 is 1.73 bits per heavy atom. The molecule has 0 saturated heterocycles. The Morgan fingerprint density at radius 1 is 1.33 bits per heavy atom. The van der Waals surface area contributed by atoms with Gasteiger partial charge in [0.2, 0.25) is 0 Å². The molecule has 3 unspecified atom stereocenters. The lowest BCUT2D eigenvalue weighted by Crippen LogP contribution is -2.40. The molecule has 0 aliphatic carbocycles. The Kier molecular flexibility index (Phi) is 10.4. The fourth-order valence-corrected chi connectivity index (χ4v) is 0.416. The molecule has 90 valence electrons. The molecule has 8 heteroatoms. The molecule has 0 aromatic heterocycles. The number of hydrogen-bond donors (Lipinski definition) is 6. The van der Waals surface area contributed by atoms with E-state index < -0.39 is 30.9 Å². The lowest BCUT2D eigenvalue weighted by Gasteiger charge is -2.16. The summed E-state index contributed by atoms with van der Waals surface area (Å²) in [5, 5.41) is 41.7. The van der Waals surface area contributed by atoms with E-state index in [1.54, 1.807) is 0 Å². The second kappa shape index (κ2) is 9.49. The minimum absolute atomic E-state index is 0.0869. The number of aliphatic carboxylic acids is 1. The van der Waals surface area contributed by atoms with Gasteiger partial charge in [-0.1, -0.05) is 0 Å². The molecule has 0 amide bonds. The van der Waals surface area contributed by atoms with Gasteiger partial charge >= 0.3 is 5.97 Å². The maximum atomic E-state index is 9.76. The SMILES string of the molecule is NCC(=O)O.O=CC(O)C(O)C(O)CO. The highest BCUT2D eigenvalue weighted by Crippen LogP contribution is 1.96. The first kappa shape index (κ1) is 16.4. The standard InChI is InChI=1S/C5H10O5.C2H5NO2/c6-1-3(8)5(10)4(9)2-7;3-1-2(4)5/h1,3-5,7-10H,2H2;1,3H2,(H,4,5). The van der Waals surface area contributed by atoms with Crippen molar-refractivity contribution >= 4 is 12.3 Å². The summed E-state index contributed by atoms with van der Waals surface area (Å²) in [6, 6.07) is 0. The fraction of sp³-hybridized carbons (Fsp3) is 0.714. The highest BCUT2D eigenvalue weighted by atomic mass is 16.4. The van der Waals surface area contributed by atoms with Crippen LogP contribution in [0.5, 0.6) is 0 Å². The number of carboxylic acids is 1. The van der Waals surface area contributed by atoms with Crippen molar-refractivity contribution in [1.82, 2.24) is 0 Å². The van der Waals surface area contributed by atoms with Crippen molar-refractivity contribution in [1.29, 1.82) is 0 Å². The van der Waals surface area contributed by atoms with Gasteiger partial charge in [-0.3, -0.25) is 4.79 Å². The molecule has 0 saturated carbocycles. The largest absolute Gasteiger partial charge is 0.480 e. The van der Waals surface area contributed by atoms with E-state index in [1.807, 2.05) is 0 Å². The number of nitrogens with two attached hydrogens (primary N) is 1. The molecule has 7 N–H and O–H groups in total. The predicted octanol–water partition coefficient (Wildman–Crippen LogP) is -3.71. The summed E-state index contributed by atoms with van der Waals surface area (Å²) in [7, 11) is 0. The smallest absolute Gasteiger partial charge is 0.317 e. The van der Waals surface area contributed by atoms with Crippen LogP contribution in [-0.2, 0) is 9.59 Å². The Balaban J connectivity index is 0. The van der Waals surface area contributed by atoms with Gasteiger partial charge in [0, 0.05) is 0 Å². The Hall–Kier alpha value is -1.06. The molecule has 0 bridgehead atoms. The van der Waals surface area contributed by atoms with Crippen LogP contribution >= 0.6 is 0 Å². The average Bonchev–Trinajstić information content (AvgIpc) is 2.26. The van der Waals surface area contributed by atoms with Crippen LogP contribution in [0.3, 0.4) is 0 Å². The number of carbonyl (C=O) groups is 2. The van der Waals surface area contributed by atoms with Crippen molar-refractivity contribution in [2.45, 2.75) is 18.3 Å². The van der Waals surface area contributed by atoms with Crippen molar-refractivity contribution in [2.24, 2.45) is 5.73 Å². The van der Waals surface area contributed by atoms with Gasteiger partial charge in [0.25, 0.3) is 0 Å². The Labute approximate surface area is 85.6 Å². The van der Waals surface area contributed by atoms with Gasteiger partial charge in [-0.25, -0.2) is 0 Å². The molecule has 0 aromatic carbocycles. The van der Waals surface area contributed by atoms with Crippen LogP contribution in [0.15, 0.2) is 0 Å². The zero-order chi connectivity index (χ0) is 12.4. The number of carboxylic acid groups (broad SMARTS) is 1. The number of carbonyl (C=O) groups excluding carboxylic acids is 1. The zero-order valence-corrected chi connectivity index (χ0v) is 7.85. The van der Waals surface area contributed by atoms with Crippen LogP contribution in [0.1, 0.15) is 0 Å². The first-order valence-electron chi connectivity index (χ1n) is 3.92. The Bertz CT molecular complexity index is 186. The quantitative estimate of drug-likeness (QED) is 0.260. The van der Waals surface area contributed by atoms with E-state index in [-0.39, 0.29) is 12.8 Å². The Morgan fingerprint density at radius 3 is 1.93 bits per heavy atom. The first-order chi connectivity index (χ1) is 6.90. The van der Waals surface area contributed by atoms with Crippen LogP contribution in [-0.4, -0.2) is 69.3 Å². The van der Waals surface area contributed by atoms with Gasteiger partial charge < -0.3 is 36.1 Å². The van der Waals surface area contributed by atoms with Crippen LogP contribution in [0, 0.1) is 0 Å². The van der Waals surface area contributed by atoms with Crippen LogP contribution in [0.4, 0.5) is 0 Å². The summed E-state index contributed by atoms with van der Waals surface area (Å²) in [4.78, 5) is 19.0. The maximum absolute atomic E-state index is 9.76. The molecule has 0 aliphatic heterocycles. The van der Waals surface area contributed by atoms with Gasteiger partial charge in [0.15, 0.2) is 6.29 Å². The van der Waals surface area contributed by atoms with Crippen molar-refractivity contribution < 1.29 is 35.1 Å². The zero-order valence-electron chi connectivity index (χ0n) is 7.85. The fourth-order valence-electron chi connectivity index (χ4n) is 0.416. The van der Waals surface area contributed by atoms with E-state index in [2.05, 4.69) is 5.73 Å². The van der Waals surface area contributed by atoms with Gasteiger partial charge in [-0.15, -0.1) is 0 Å². The number of aliphatic hydroxyl groups is 4. The number of hydrogen-bond acceptors (Lipinski definition) is 7. The van der Waals surface area contributed by atoms with Crippen molar-refractivity contribution in [3.05, 3.63) is 0 Å². The topological polar surface area (TPSA) is 161 Å². The van der Waals surface area contributed by atoms with Crippen LogP contribution in [0.25, 0.3) is 0 Å². The molecule has 0 heterocycles. The number of aliphatic hydroxyl groups excluding tert-OH is 4. The summed E-state index contributed by atoms with van der Waals surface area (Å²) in [5.74, 6) is -0.968. The van der Waals surface area contributed by atoms with Gasteiger partial charge in [-0.05, 0) is 0 Å². The molecule has 0 aromatic rings. The molecule has 0 spiro atoms. The molecule has 0 fully saturated rings. The van der Waals surface area contributed by atoms with E-state index in [1.165, 1.54) is 0 Å². The van der Waals surface area contributed by atoms with E-state index in [4.69, 9.17) is 25.5 Å². The van der Waals surface area contributed by atoms with Gasteiger partial charge in [-0.2, -0.15) is 0 Å². The summed E-state index contributed by atoms with van der Waals surface area (Å²) >= 11 is 0. The van der Waals surface area contributed by atoms with E-state index in [9.17, 15) is 9.59 Å². The summed E-state index contributed by atoms with van der Waals surface area (Å²) in [5.41, 5.74) is 4.57. The molecular formula is C7H15NO7. The highest BCUT2D eigenvalue weighted by Gasteiger charge is 2.22. The van der Waals surface area contributed by atoms with E-state index in [0.717, 1.165) is 0 Å². The van der Waals surface area contributed by atoms with Crippen molar-refractivity contribution in [2.75, 3.05) is 13.2 Å². The summed E-state index contributed by atoms with van der Waals surface area (Å²) in [6.45, 7) is -0.966. The predicted molar refractivity (Wildman–Crippen MR) is 47.9 cm³/mol. The minimum Gasteiger partial charge on any atom is -0.480 e. The second-order valence-electron chi connectivity index (χ2n) is 2.47. The summed E-state index contributed by atoms with van der Waals surface area (Å²) in [6.07, 6.45) is -4.63. The molecular weight excluding hydrogens is 210 g/mol. The molecule has 0 rings (SSSR count).